The van der Waals surface area contributed by atoms with E-state index in [2.05, 4.69) is 9.72 Å². The molecule has 0 amide bonds. The lowest BCUT2D eigenvalue weighted by atomic mass is 10.1. The van der Waals surface area contributed by atoms with Gasteiger partial charge in [-0.15, -0.1) is 0 Å². The van der Waals surface area contributed by atoms with E-state index in [4.69, 9.17) is 14.2 Å². The number of aromatic nitrogens is 2. The largest absolute Gasteiger partial charge is 0.466 e. The molecule has 0 spiro atoms. The molecule has 9 heteroatoms. The Morgan fingerprint density at radius 3 is 2.71 bits per heavy atom. The summed E-state index contributed by atoms with van der Waals surface area (Å²) in [6.45, 7) is 3.50. The van der Waals surface area contributed by atoms with Gasteiger partial charge in [-0.3, -0.25) is 14.3 Å². The number of methoxy groups -OCH3 is 1. The van der Waals surface area contributed by atoms with E-state index in [9.17, 15) is 14.4 Å². The average Bonchev–Trinajstić information content (AvgIpc) is 2.98. The number of H-pyrrole nitrogens is 1. The van der Waals surface area contributed by atoms with Crippen molar-refractivity contribution >= 4 is 5.97 Å². The minimum atomic E-state index is -0.861. The number of nitrogens with one attached hydrogen (secondary N) is 1. The van der Waals surface area contributed by atoms with Gasteiger partial charge in [0.05, 0.1) is 7.11 Å². The van der Waals surface area contributed by atoms with Gasteiger partial charge in [-0.05, 0) is 19.9 Å². The average molecular weight is 338 g/mol. The standard InChI is InChI=1S/C15H18N2O7/c1-15(2)23-11-8(4-5-10(19)21-3)22-13(12(11)24-15)17-7-6-9(18)16-14(17)20/h4-8,11-13H,1-3H3,(H,16,18,20)/b5-4+/t8-,11-,12-,13-/m1/s1. The van der Waals surface area contributed by atoms with Gasteiger partial charge in [0.1, 0.15) is 18.3 Å². The Bertz CT molecular complexity index is 779. The molecule has 2 aliphatic rings. The molecule has 2 aliphatic heterocycles. The van der Waals surface area contributed by atoms with Crippen molar-refractivity contribution in [2.24, 2.45) is 0 Å². The van der Waals surface area contributed by atoms with Crippen molar-refractivity contribution in [3.8, 4) is 0 Å². The molecular formula is C15H18N2O7. The summed E-state index contributed by atoms with van der Waals surface area (Å²) < 4.78 is 23.3. The van der Waals surface area contributed by atoms with Crippen LogP contribution in [0.3, 0.4) is 0 Å². The van der Waals surface area contributed by atoms with Crippen molar-refractivity contribution < 1.29 is 23.7 Å². The lowest BCUT2D eigenvalue weighted by Gasteiger charge is -2.24. The predicted molar refractivity (Wildman–Crippen MR) is 80.2 cm³/mol. The number of ether oxygens (including phenoxy) is 4. The fourth-order valence-electron chi connectivity index (χ4n) is 2.86. The van der Waals surface area contributed by atoms with Crippen LogP contribution in [0, 0.1) is 0 Å². The van der Waals surface area contributed by atoms with Gasteiger partial charge < -0.3 is 18.9 Å². The fourth-order valence-corrected chi connectivity index (χ4v) is 2.86. The summed E-state index contributed by atoms with van der Waals surface area (Å²) in [7, 11) is 1.27. The molecule has 0 unspecified atom stereocenters. The zero-order valence-corrected chi connectivity index (χ0v) is 13.4. The van der Waals surface area contributed by atoms with Crippen LogP contribution in [-0.4, -0.2) is 46.7 Å². The quantitative estimate of drug-likeness (QED) is 0.594. The van der Waals surface area contributed by atoms with Crippen molar-refractivity contribution in [1.29, 1.82) is 0 Å². The lowest BCUT2D eigenvalue weighted by molar-refractivity contribution is -0.192. The van der Waals surface area contributed by atoms with Crippen LogP contribution in [0.4, 0.5) is 0 Å². The van der Waals surface area contributed by atoms with E-state index >= 15 is 0 Å². The Morgan fingerprint density at radius 1 is 1.33 bits per heavy atom. The Hall–Kier alpha value is -2.23. The molecule has 0 saturated carbocycles. The van der Waals surface area contributed by atoms with Crippen molar-refractivity contribution in [2.75, 3.05) is 7.11 Å². The fraction of sp³-hybridized carbons (Fsp3) is 0.533. The van der Waals surface area contributed by atoms with Crippen LogP contribution in [0.5, 0.6) is 0 Å². The number of esters is 1. The normalized spacial score (nSPS) is 31.3. The highest BCUT2D eigenvalue weighted by atomic mass is 16.8. The monoisotopic (exact) mass is 338 g/mol. The van der Waals surface area contributed by atoms with E-state index in [1.807, 2.05) is 0 Å². The van der Waals surface area contributed by atoms with Crippen molar-refractivity contribution in [2.45, 2.75) is 44.2 Å². The number of rotatable bonds is 3. The third kappa shape index (κ3) is 3.05. The van der Waals surface area contributed by atoms with E-state index < -0.39 is 47.5 Å². The molecule has 0 aromatic carbocycles. The SMILES string of the molecule is COC(=O)/C=C/[C@H]1O[C@@H](n2ccc(=O)[nH]c2=O)[C@@H]2OC(C)(C)O[C@@H]21. The molecule has 0 radical (unpaired) electrons. The molecule has 4 atom stereocenters. The van der Waals surface area contributed by atoms with E-state index in [1.54, 1.807) is 13.8 Å². The van der Waals surface area contributed by atoms with Crippen molar-refractivity contribution in [3.05, 3.63) is 45.3 Å². The molecule has 2 fully saturated rings. The molecule has 1 aromatic heterocycles. The topological polar surface area (TPSA) is 109 Å². The van der Waals surface area contributed by atoms with E-state index in [-0.39, 0.29) is 0 Å². The second-order valence-electron chi connectivity index (χ2n) is 5.96. The summed E-state index contributed by atoms with van der Waals surface area (Å²) in [5, 5.41) is 0. The van der Waals surface area contributed by atoms with Crippen LogP contribution in [0.2, 0.25) is 0 Å². The molecule has 1 N–H and O–H groups in total. The third-order valence-corrected chi connectivity index (χ3v) is 3.81. The number of carbonyl (C=O) groups is 1. The Morgan fingerprint density at radius 2 is 2.04 bits per heavy atom. The van der Waals surface area contributed by atoms with Gasteiger partial charge in [0.15, 0.2) is 12.0 Å². The first-order valence-electron chi connectivity index (χ1n) is 7.39. The maximum absolute atomic E-state index is 12.0. The van der Waals surface area contributed by atoms with Gasteiger partial charge in [0.2, 0.25) is 0 Å². The van der Waals surface area contributed by atoms with Gasteiger partial charge >= 0.3 is 11.7 Å². The van der Waals surface area contributed by atoms with Crippen LogP contribution >= 0.6 is 0 Å². The molecule has 130 valence electrons. The number of hydrogen-bond acceptors (Lipinski definition) is 7. The van der Waals surface area contributed by atoms with Gasteiger partial charge in [-0.1, -0.05) is 0 Å². The van der Waals surface area contributed by atoms with Gasteiger partial charge in [0, 0.05) is 18.3 Å². The van der Waals surface area contributed by atoms with Crippen molar-refractivity contribution in [1.82, 2.24) is 9.55 Å². The van der Waals surface area contributed by atoms with Crippen LogP contribution in [0.1, 0.15) is 20.1 Å². The molecule has 3 heterocycles. The lowest BCUT2D eigenvalue weighted by Crippen LogP contribution is -2.37. The van der Waals surface area contributed by atoms with Crippen molar-refractivity contribution in [3.63, 3.8) is 0 Å². The third-order valence-electron chi connectivity index (χ3n) is 3.81. The first-order chi connectivity index (χ1) is 11.3. The second kappa shape index (κ2) is 6.00. The zero-order valence-electron chi connectivity index (χ0n) is 13.4. The van der Waals surface area contributed by atoms with Crippen LogP contribution < -0.4 is 11.2 Å². The summed E-state index contributed by atoms with van der Waals surface area (Å²) in [4.78, 5) is 36.7. The number of carbonyl (C=O) groups excluding carboxylic acids is 1. The molecule has 0 aliphatic carbocycles. The van der Waals surface area contributed by atoms with Crippen LogP contribution in [0.25, 0.3) is 0 Å². The molecule has 3 rings (SSSR count). The molecule has 2 saturated heterocycles. The zero-order chi connectivity index (χ0) is 17.5. The summed E-state index contributed by atoms with van der Waals surface area (Å²) in [5.41, 5.74) is -1.12. The molecule has 9 nitrogen and oxygen atoms in total. The number of nitrogens with zero attached hydrogens (tertiary/aromatic N) is 1. The molecular weight excluding hydrogens is 320 g/mol. The van der Waals surface area contributed by atoms with Gasteiger partial charge in [0.25, 0.3) is 5.56 Å². The second-order valence-corrected chi connectivity index (χ2v) is 5.96. The van der Waals surface area contributed by atoms with Crippen LogP contribution in [0.15, 0.2) is 34.0 Å². The number of aromatic amines is 1. The minimum Gasteiger partial charge on any atom is -0.466 e. The Kier molecular flexibility index (Phi) is 4.16. The maximum atomic E-state index is 12.0. The maximum Gasteiger partial charge on any atom is 0.330 e. The van der Waals surface area contributed by atoms with E-state index in [1.165, 1.54) is 36.1 Å². The Balaban J connectivity index is 1.93. The number of hydrogen-bond donors (Lipinski definition) is 1. The first-order valence-corrected chi connectivity index (χ1v) is 7.39. The summed E-state index contributed by atoms with van der Waals surface area (Å²) >= 11 is 0. The molecule has 24 heavy (non-hydrogen) atoms. The summed E-state index contributed by atoms with van der Waals surface area (Å²) in [6.07, 6.45) is 1.58. The molecule has 1 aromatic rings. The smallest absolute Gasteiger partial charge is 0.330 e. The van der Waals surface area contributed by atoms with Gasteiger partial charge in [-0.25, -0.2) is 9.59 Å². The molecule has 0 bridgehead atoms. The summed E-state index contributed by atoms with van der Waals surface area (Å²) in [5.74, 6) is -1.39. The highest BCUT2D eigenvalue weighted by molar-refractivity contribution is 5.81. The highest BCUT2D eigenvalue weighted by Crippen LogP contribution is 2.42. The minimum absolute atomic E-state index is 0.503. The highest BCUT2D eigenvalue weighted by Gasteiger charge is 2.55. The van der Waals surface area contributed by atoms with E-state index in [0.717, 1.165) is 0 Å². The predicted octanol–water partition coefficient (Wildman–Crippen LogP) is -0.317. The first kappa shape index (κ1) is 16.6. The summed E-state index contributed by atoms with van der Waals surface area (Å²) in [6, 6.07) is 1.22. The van der Waals surface area contributed by atoms with Crippen LogP contribution in [-0.2, 0) is 23.7 Å². The number of fused-ring (bicyclic) bond motifs is 1. The van der Waals surface area contributed by atoms with E-state index in [0.29, 0.717) is 0 Å². The Labute approximate surface area is 136 Å². The van der Waals surface area contributed by atoms with Gasteiger partial charge in [-0.2, -0.15) is 0 Å².